The highest BCUT2D eigenvalue weighted by molar-refractivity contribution is 5.74. The fourth-order valence-corrected chi connectivity index (χ4v) is 3.42. The summed E-state index contributed by atoms with van der Waals surface area (Å²) in [6.07, 6.45) is 3.90. The minimum Gasteiger partial charge on any atom is -0.337 e. The van der Waals surface area contributed by atoms with Crippen molar-refractivity contribution >= 4 is 6.03 Å². The monoisotopic (exact) mass is 351 g/mol. The molecule has 1 heterocycles. The Morgan fingerprint density at radius 1 is 0.846 bits per heavy atom. The van der Waals surface area contributed by atoms with Gasteiger partial charge in [-0.3, -0.25) is 0 Å². The molecule has 2 aromatic rings. The summed E-state index contributed by atoms with van der Waals surface area (Å²) in [5.41, 5.74) is 2.30. The van der Waals surface area contributed by atoms with E-state index in [1.807, 2.05) is 41.3 Å². The molecule has 0 spiro atoms. The quantitative estimate of drug-likeness (QED) is 0.821. The molecule has 0 saturated carbocycles. The maximum absolute atomic E-state index is 12.8. The van der Waals surface area contributed by atoms with Crippen molar-refractivity contribution < 1.29 is 4.79 Å². The number of nitrogens with one attached hydrogen (secondary N) is 1. The van der Waals surface area contributed by atoms with Gasteiger partial charge < -0.3 is 15.1 Å². The molecule has 0 atom stereocenters. The van der Waals surface area contributed by atoms with Crippen molar-refractivity contribution in [1.82, 2.24) is 15.1 Å². The first-order chi connectivity index (χ1) is 12.8. The van der Waals surface area contributed by atoms with E-state index in [1.165, 1.54) is 19.3 Å². The lowest BCUT2D eigenvalue weighted by atomic mass is 10.1. The summed E-state index contributed by atoms with van der Waals surface area (Å²) in [4.78, 5) is 17.1. The van der Waals surface area contributed by atoms with Gasteiger partial charge in [-0.25, -0.2) is 4.79 Å². The Balaban J connectivity index is 1.57. The number of likely N-dealkylation sites (tertiary alicyclic amines) is 1. The molecule has 2 amide bonds. The van der Waals surface area contributed by atoms with Crippen LogP contribution in [0.15, 0.2) is 60.7 Å². The first-order valence-corrected chi connectivity index (χ1v) is 9.64. The Morgan fingerprint density at radius 2 is 1.38 bits per heavy atom. The molecule has 26 heavy (non-hydrogen) atoms. The van der Waals surface area contributed by atoms with Crippen LogP contribution in [-0.4, -0.2) is 42.0 Å². The highest BCUT2D eigenvalue weighted by Crippen LogP contribution is 2.11. The average Bonchev–Trinajstić information content (AvgIpc) is 2.70. The zero-order chi connectivity index (χ0) is 18.0. The van der Waals surface area contributed by atoms with Gasteiger partial charge in [-0.1, -0.05) is 67.1 Å². The zero-order valence-corrected chi connectivity index (χ0v) is 15.4. The van der Waals surface area contributed by atoms with Gasteiger partial charge in [-0.15, -0.1) is 0 Å². The third kappa shape index (κ3) is 5.88. The average molecular weight is 351 g/mol. The van der Waals surface area contributed by atoms with Crippen LogP contribution in [0.2, 0.25) is 0 Å². The van der Waals surface area contributed by atoms with Gasteiger partial charge in [0.05, 0.1) is 0 Å². The van der Waals surface area contributed by atoms with Gasteiger partial charge in [0.2, 0.25) is 0 Å². The van der Waals surface area contributed by atoms with Gasteiger partial charge in [0.15, 0.2) is 0 Å². The van der Waals surface area contributed by atoms with Crippen molar-refractivity contribution in [2.75, 3.05) is 26.2 Å². The molecule has 2 aromatic carbocycles. The number of nitrogens with zero attached hydrogens (tertiary/aromatic N) is 2. The predicted octanol–water partition coefficient (Wildman–Crippen LogP) is 3.88. The molecule has 4 heteroatoms. The lowest BCUT2D eigenvalue weighted by Crippen LogP contribution is -2.43. The van der Waals surface area contributed by atoms with Crippen LogP contribution in [0.1, 0.15) is 30.4 Å². The van der Waals surface area contributed by atoms with Crippen molar-refractivity contribution in [3.63, 3.8) is 0 Å². The first-order valence-electron chi connectivity index (χ1n) is 9.64. The van der Waals surface area contributed by atoms with E-state index in [1.54, 1.807) is 0 Å². The van der Waals surface area contributed by atoms with Crippen LogP contribution in [0.25, 0.3) is 0 Å². The van der Waals surface area contributed by atoms with Crippen molar-refractivity contribution in [3.8, 4) is 0 Å². The molecule has 0 aromatic heterocycles. The van der Waals surface area contributed by atoms with Crippen LogP contribution in [0, 0.1) is 0 Å². The number of hydrogen-bond acceptors (Lipinski definition) is 2. The van der Waals surface area contributed by atoms with E-state index in [-0.39, 0.29) is 6.03 Å². The Morgan fingerprint density at radius 3 is 1.92 bits per heavy atom. The molecular formula is C22H29N3O. The minimum absolute atomic E-state index is 0.00900. The van der Waals surface area contributed by atoms with Gasteiger partial charge in [0.25, 0.3) is 0 Å². The van der Waals surface area contributed by atoms with E-state index in [0.717, 1.165) is 30.8 Å². The second-order valence-electron chi connectivity index (χ2n) is 6.96. The molecule has 0 aliphatic carbocycles. The SMILES string of the molecule is O=C(NCCN1CCCCC1)N(Cc1ccccc1)Cc1ccccc1. The molecule has 1 aliphatic heterocycles. The number of carbonyl (C=O) groups is 1. The Hall–Kier alpha value is -2.33. The van der Waals surface area contributed by atoms with E-state index in [9.17, 15) is 4.79 Å². The van der Waals surface area contributed by atoms with Crippen LogP contribution >= 0.6 is 0 Å². The Labute approximate surface area is 156 Å². The van der Waals surface area contributed by atoms with Crippen molar-refractivity contribution in [2.24, 2.45) is 0 Å². The molecule has 138 valence electrons. The van der Waals surface area contributed by atoms with E-state index >= 15 is 0 Å². The molecule has 0 bridgehead atoms. The smallest absolute Gasteiger partial charge is 0.318 e. The lowest BCUT2D eigenvalue weighted by molar-refractivity contribution is 0.186. The van der Waals surface area contributed by atoms with Crippen molar-refractivity contribution in [3.05, 3.63) is 71.8 Å². The Kier molecular flexibility index (Phi) is 7.08. The van der Waals surface area contributed by atoms with Gasteiger partial charge in [-0.05, 0) is 37.1 Å². The summed E-state index contributed by atoms with van der Waals surface area (Å²) in [5, 5.41) is 3.12. The summed E-state index contributed by atoms with van der Waals surface area (Å²) in [6.45, 7) is 5.20. The summed E-state index contributed by atoms with van der Waals surface area (Å²) in [5.74, 6) is 0. The molecule has 1 N–H and O–H groups in total. The summed E-state index contributed by atoms with van der Waals surface area (Å²) >= 11 is 0. The zero-order valence-electron chi connectivity index (χ0n) is 15.4. The molecule has 1 fully saturated rings. The van der Waals surface area contributed by atoms with E-state index in [2.05, 4.69) is 34.5 Å². The molecule has 1 aliphatic rings. The standard InChI is InChI=1S/C22H29N3O/c26-22(23-14-17-24-15-8-3-9-16-24)25(18-20-10-4-1-5-11-20)19-21-12-6-2-7-13-21/h1-2,4-7,10-13H,3,8-9,14-19H2,(H,23,26). The van der Waals surface area contributed by atoms with Crippen LogP contribution < -0.4 is 5.32 Å². The first kappa shape index (κ1) is 18.5. The summed E-state index contributed by atoms with van der Waals surface area (Å²) in [7, 11) is 0. The van der Waals surface area contributed by atoms with Crippen LogP contribution in [-0.2, 0) is 13.1 Å². The number of urea groups is 1. The van der Waals surface area contributed by atoms with Gasteiger partial charge >= 0.3 is 6.03 Å². The number of hydrogen-bond donors (Lipinski definition) is 1. The van der Waals surface area contributed by atoms with Crippen LogP contribution in [0.5, 0.6) is 0 Å². The number of amides is 2. The fraction of sp³-hybridized carbons (Fsp3) is 0.409. The third-order valence-corrected chi connectivity index (χ3v) is 4.87. The number of rotatable bonds is 7. The van der Waals surface area contributed by atoms with Gasteiger partial charge in [0, 0.05) is 26.2 Å². The highest BCUT2D eigenvalue weighted by Gasteiger charge is 2.15. The molecule has 4 nitrogen and oxygen atoms in total. The minimum atomic E-state index is 0.00900. The van der Waals surface area contributed by atoms with E-state index in [0.29, 0.717) is 19.6 Å². The molecule has 1 saturated heterocycles. The van der Waals surface area contributed by atoms with E-state index < -0.39 is 0 Å². The third-order valence-electron chi connectivity index (χ3n) is 4.87. The second kappa shape index (κ2) is 9.97. The largest absolute Gasteiger partial charge is 0.337 e. The number of carbonyl (C=O) groups excluding carboxylic acids is 1. The normalized spacial score (nSPS) is 14.8. The summed E-state index contributed by atoms with van der Waals surface area (Å²) in [6, 6.07) is 20.4. The topological polar surface area (TPSA) is 35.6 Å². The highest BCUT2D eigenvalue weighted by atomic mass is 16.2. The molecular weight excluding hydrogens is 322 g/mol. The van der Waals surface area contributed by atoms with Crippen LogP contribution in [0.3, 0.4) is 0 Å². The van der Waals surface area contributed by atoms with Gasteiger partial charge in [-0.2, -0.15) is 0 Å². The van der Waals surface area contributed by atoms with Crippen LogP contribution in [0.4, 0.5) is 4.79 Å². The second-order valence-corrected chi connectivity index (χ2v) is 6.96. The van der Waals surface area contributed by atoms with Gasteiger partial charge in [0.1, 0.15) is 0 Å². The van der Waals surface area contributed by atoms with E-state index in [4.69, 9.17) is 0 Å². The van der Waals surface area contributed by atoms with Crippen molar-refractivity contribution in [2.45, 2.75) is 32.4 Å². The maximum atomic E-state index is 12.8. The summed E-state index contributed by atoms with van der Waals surface area (Å²) < 4.78 is 0. The van der Waals surface area contributed by atoms with Crippen molar-refractivity contribution in [1.29, 1.82) is 0 Å². The maximum Gasteiger partial charge on any atom is 0.318 e. The predicted molar refractivity (Wildman–Crippen MR) is 106 cm³/mol. The lowest BCUT2D eigenvalue weighted by Gasteiger charge is -2.28. The fourth-order valence-electron chi connectivity index (χ4n) is 3.42. The Bertz CT molecular complexity index is 612. The molecule has 0 unspecified atom stereocenters. The molecule has 0 radical (unpaired) electrons. The number of piperidine rings is 1. The number of benzene rings is 2. The molecule has 3 rings (SSSR count).